The van der Waals surface area contributed by atoms with Gasteiger partial charge in [0, 0.05) is 0 Å². The lowest BCUT2D eigenvalue weighted by molar-refractivity contribution is 0.0585. The first-order valence-electron chi connectivity index (χ1n) is 8.10. The zero-order valence-electron chi connectivity index (χ0n) is 13.9. The fourth-order valence-corrected chi connectivity index (χ4v) is 8.63. The molecule has 0 radical (unpaired) electrons. The molecule has 0 bridgehead atoms. The summed E-state index contributed by atoms with van der Waals surface area (Å²) in [6.07, 6.45) is 1.04. The molecular weight excluding hydrogens is 304 g/mol. The zero-order chi connectivity index (χ0) is 16.7. The maximum Gasteiger partial charge on any atom is 0.256 e. The second kappa shape index (κ2) is 5.69. The highest BCUT2D eigenvalue weighted by molar-refractivity contribution is 6.97. The Bertz CT molecular complexity index is 631. The van der Waals surface area contributed by atoms with Gasteiger partial charge in [0.25, 0.3) is 8.32 Å². The van der Waals surface area contributed by atoms with Gasteiger partial charge in [-0.2, -0.15) is 0 Å². The summed E-state index contributed by atoms with van der Waals surface area (Å²) in [6, 6.07) is 15.9. The van der Waals surface area contributed by atoms with Crippen LogP contribution in [0.5, 0.6) is 11.5 Å². The maximum absolute atomic E-state index is 9.64. The van der Waals surface area contributed by atoms with Crippen LogP contribution >= 0.6 is 0 Å². The van der Waals surface area contributed by atoms with E-state index in [4.69, 9.17) is 4.43 Å². The highest BCUT2D eigenvalue weighted by Crippen LogP contribution is 2.37. The van der Waals surface area contributed by atoms with Crippen molar-refractivity contribution in [3.8, 4) is 11.5 Å². The molecule has 23 heavy (non-hydrogen) atoms. The minimum atomic E-state index is -2.40. The molecule has 1 aliphatic heterocycles. The molecule has 0 aromatic heterocycles. The molecule has 2 aromatic rings. The van der Waals surface area contributed by atoms with E-state index < -0.39 is 8.32 Å². The first kappa shape index (κ1) is 16.1. The van der Waals surface area contributed by atoms with Crippen molar-refractivity contribution < 1.29 is 14.6 Å². The SMILES string of the molecule is CC1CC(C)(C)O[Si](c2ccc(O)cc2)(c2ccc(O)cc2)C1. The Balaban J connectivity index is 2.16. The summed E-state index contributed by atoms with van der Waals surface area (Å²) in [5.41, 5.74) is -0.181. The molecule has 2 N–H and O–H groups in total. The van der Waals surface area contributed by atoms with Crippen LogP contribution in [0, 0.1) is 5.92 Å². The molecule has 2 aromatic carbocycles. The molecular formula is C19H24O3Si. The molecule has 1 saturated heterocycles. The molecule has 1 heterocycles. The van der Waals surface area contributed by atoms with E-state index >= 15 is 0 Å². The Morgan fingerprint density at radius 1 is 0.913 bits per heavy atom. The lowest BCUT2D eigenvalue weighted by atomic mass is 9.96. The second-order valence-electron chi connectivity index (χ2n) is 7.30. The Kier molecular flexibility index (Phi) is 3.98. The summed E-state index contributed by atoms with van der Waals surface area (Å²) >= 11 is 0. The Hall–Kier alpha value is -1.78. The minimum absolute atomic E-state index is 0.181. The van der Waals surface area contributed by atoms with Gasteiger partial charge in [-0.25, -0.2) is 0 Å². The monoisotopic (exact) mass is 328 g/mol. The summed E-state index contributed by atoms with van der Waals surface area (Å²) in [4.78, 5) is 0. The summed E-state index contributed by atoms with van der Waals surface area (Å²) in [5.74, 6) is 1.10. The summed E-state index contributed by atoms with van der Waals surface area (Å²) in [5, 5.41) is 21.6. The minimum Gasteiger partial charge on any atom is -0.508 e. The highest BCUT2D eigenvalue weighted by atomic mass is 28.4. The molecule has 1 unspecified atom stereocenters. The van der Waals surface area contributed by atoms with E-state index in [0.717, 1.165) is 12.5 Å². The van der Waals surface area contributed by atoms with Crippen LogP contribution in [0.4, 0.5) is 0 Å². The van der Waals surface area contributed by atoms with Gasteiger partial charge in [0.05, 0.1) is 5.60 Å². The molecule has 0 aliphatic carbocycles. The van der Waals surface area contributed by atoms with Gasteiger partial charge in [0.1, 0.15) is 11.5 Å². The lowest BCUT2D eigenvalue weighted by Crippen LogP contribution is -2.67. The standard InChI is InChI=1S/C19H24O3Si/c1-14-12-19(2,3)22-23(13-14,17-8-4-15(20)5-9-17)18-10-6-16(21)7-11-18/h4-11,14,20-21H,12-13H2,1-3H3. The number of phenols is 2. The molecule has 0 saturated carbocycles. The third kappa shape index (κ3) is 3.14. The van der Waals surface area contributed by atoms with Crippen LogP contribution in [-0.4, -0.2) is 24.1 Å². The van der Waals surface area contributed by atoms with Crippen molar-refractivity contribution in [3.05, 3.63) is 48.5 Å². The average Bonchev–Trinajstić information content (AvgIpc) is 2.46. The number of aromatic hydroxyl groups is 2. The third-order valence-corrected chi connectivity index (χ3v) is 9.30. The third-order valence-electron chi connectivity index (χ3n) is 4.59. The molecule has 1 aliphatic rings. The number of benzene rings is 2. The molecule has 0 amide bonds. The predicted octanol–water partition coefficient (Wildman–Crippen LogP) is 2.99. The Labute approximate surface area is 138 Å². The molecule has 1 fully saturated rings. The van der Waals surface area contributed by atoms with Gasteiger partial charge in [-0.3, -0.25) is 0 Å². The van der Waals surface area contributed by atoms with Crippen LogP contribution in [0.3, 0.4) is 0 Å². The van der Waals surface area contributed by atoms with Crippen molar-refractivity contribution in [2.75, 3.05) is 0 Å². The zero-order valence-corrected chi connectivity index (χ0v) is 14.9. The van der Waals surface area contributed by atoms with E-state index in [2.05, 4.69) is 20.8 Å². The van der Waals surface area contributed by atoms with E-state index in [0.29, 0.717) is 5.92 Å². The van der Waals surface area contributed by atoms with Gasteiger partial charge in [-0.1, -0.05) is 31.2 Å². The predicted molar refractivity (Wildman–Crippen MR) is 95.0 cm³/mol. The summed E-state index contributed by atoms with van der Waals surface area (Å²) in [7, 11) is -2.40. The molecule has 4 heteroatoms. The topological polar surface area (TPSA) is 49.7 Å². The van der Waals surface area contributed by atoms with Crippen LogP contribution in [0.1, 0.15) is 27.2 Å². The first-order valence-corrected chi connectivity index (χ1v) is 10.2. The van der Waals surface area contributed by atoms with Crippen LogP contribution in [0.25, 0.3) is 0 Å². The Morgan fingerprint density at radius 3 is 1.74 bits per heavy atom. The van der Waals surface area contributed by atoms with Gasteiger partial charge in [0.15, 0.2) is 0 Å². The van der Waals surface area contributed by atoms with E-state index in [1.165, 1.54) is 10.4 Å². The van der Waals surface area contributed by atoms with Gasteiger partial charge < -0.3 is 14.6 Å². The Morgan fingerprint density at radius 2 is 1.35 bits per heavy atom. The van der Waals surface area contributed by atoms with Crippen LogP contribution < -0.4 is 10.4 Å². The highest BCUT2D eigenvalue weighted by Gasteiger charge is 2.48. The molecule has 122 valence electrons. The van der Waals surface area contributed by atoms with Crippen molar-refractivity contribution >= 4 is 18.7 Å². The fourth-order valence-electron chi connectivity index (χ4n) is 3.94. The molecule has 1 atom stereocenters. The largest absolute Gasteiger partial charge is 0.508 e. The van der Waals surface area contributed by atoms with Crippen molar-refractivity contribution in [1.82, 2.24) is 0 Å². The number of hydrogen-bond acceptors (Lipinski definition) is 3. The maximum atomic E-state index is 9.64. The first-order chi connectivity index (χ1) is 10.8. The van der Waals surface area contributed by atoms with Crippen LogP contribution in [0.15, 0.2) is 48.5 Å². The second-order valence-corrected chi connectivity index (χ2v) is 10.7. The fraction of sp³-hybridized carbons (Fsp3) is 0.368. The van der Waals surface area contributed by atoms with Gasteiger partial charge >= 0.3 is 0 Å². The number of hydrogen-bond donors (Lipinski definition) is 2. The van der Waals surface area contributed by atoms with Crippen molar-refractivity contribution in [2.45, 2.75) is 38.8 Å². The molecule has 0 spiro atoms. The number of rotatable bonds is 2. The van der Waals surface area contributed by atoms with Crippen molar-refractivity contribution in [2.24, 2.45) is 5.92 Å². The summed E-state index contributed by atoms with van der Waals surface area (Å²) < 4.78 is 6.76. The van der Waals surface area contributed by atoms with Crippen molar-refractivity contribution in [3.63, 3.8) is 0 Å². The van der Waals surface area contributed by atoms with E-state index in [1.54, 1.807) is 24.3 Å². The summed E-state index contributed by atoms with van der Waals surface area (Å²) in [6.45, 7) is 6.60. The quantitative estimate of drug-likeness (QED) is 0.833. The lowest BCUT2D eigenvalue weighted by Gasteiger charge is -2.47. The smallest absolute Gasteiger partial charge is 0.256 e. The van der Waals surface area contributed by atoms with Crippen LogP contribution in [-0.2, 0) is 4.43 Å². The number of phenolic OH excluding ortho intramolecular Hbond substituents is 2. The van der Waals surface area contributed by atoms with Gasteiger partial charge in [-0.15, -0.1) is 0 Å². The molecule has 3 rings (SSSR count). The van der Waals surface area contributed by atoms with Crippen molar-refractivity contribution in [1.29, 1.82) is 0 Å². The van der Waals surface area contributed by atoms with E-state index in [-0.39, 0.29) is 17.1 Å². The van der Waals surface area contributed by atoms with Gasteiger partial charge in [0.2, 0.25) is 0 Å². The average molecular weight is 328 g/mol. The van der Waals surface area contributed by atoms with E-state index in [9.17, 15) is 10.2 Å². The normalized spacial score (nSPS) is 22.7. The van der Waals surface area contributed by atoms with E-state index in [1.807, 2.05) is 24.3 Å². The van der Waals surface area contributed by atoms with Crippen LogP contribution in [0.2, 0.25) is 6.04 Å². The molecule has 3 nitrogen and oxygen atoms in total. The van der Waals surface area contributed by atoms with Gasteiger partial charge in [-0.05, 0) is 66.9 Å².